The zero-order valence-corrected chi connectivity index (χ0v) is 11.0. The Morgan fingerprint density at radius 2 is 2.11 bits per heavy atom. The van der Waals surface area contributed by atoms with Gasteiger partial charge in [-0.1, -0.05) is 12.8 Å². The predicted octanol–water partition coefficient (Wildman–Crippen LogP) is 1.31. The Bertz CT molecular complexity index is 481. The molecule has 1 aromatic rings. The lowest BCUT2D eigenvalue weighted by molar-refractivity contribution is 0.170. The molecule has 0 saturated heterocycles. The van der Waals surface area contributed by atoms with E-state index in [1.165, 1.54) is 0 Å². The lowest BCUT2D eigenvalue weighted by atomic mass is 9.90. The first kappa shape index (κ1) is 13.3. The Balaban J connectivity index is 2.03. The molecule has 0 aliphatic heterocycles. The minimum Gasteiger partial charge on any atom is -0.491 e. The molecule has 5 nitrogen and oxygen atoms in total. The van der Waals surface area contributed by atoms with E-state index in [1.807, 2.05) is 6.07 Å². The first-order chi connectivity index (χ1) is 8.49. The van der Waals surface area contributed by atoms with Crippen LogP contribution in [0.25, 0.3) is 0 Å². The molecule has 2 N–H and O–H groups in total. The van der Waals surface area contributed by atoms with E-state index in [2.05, 4.69) is 4.98 Å². The van der Waals surface area contributed by atoms with Gasteiger partial charge >= 0.3 is 0 Å². The smallest absolute Gasteiger partial charge is 0.209 e. The van der Waals surface area contributed by atoms with Crippen LogP contribution in [-0.4, -0.2) is 25.8 Å². The van der Waals surface area contributed by atoms with Gasteiger partial charge in [0.2, 0.25) is 10.0 Å². The van der Waals surface area contributed by atoms with Crippen LogP contribution in [0.3, 0.4) is 0 Å². The molecule has 0 unspecified atom stereocenters. The largest absolute Gasteiger partial charge is 0.491 e. The number of nitrogens with two attached hydrogens (primary N) is 1. The van der Waals surface area contributed by atoms with E-state index in [-0.39, 0.29) is 11.2 Å². The second kappa shape index (κ2) is 5.24. The number of rotatable bonds is 5. The van der Waals surface area contributed by atoms with Gasteiger partial charge in [0.25, 0.3) is 0 Å². The normalized spacial score (nSPS) is 18.7. The van der Waals surface area contributed by atoms with Crippen molar-refractivity contribution in [3.63, 3.8) is 0 Å². The highest BCUT2D eigenvalue weighted by atomic mass is 32.2. The number of ether oxygens (including phenoxy) is 1. The number of nitrogens with zero attached hydrogens (tertiary/aromatic N) is 1. The summed E-state index contributed by atoms with van der Waals surface area (Å²) >= 11 is 0. The molecule has 100 valence electrons. The third kappa shape index (κ3) is 3.68. The van der Waals surface area contributed by atoms with Crippen LogP contribution in [0.5, 0.6) is 5.75 Å². The summed E-state index contributed by atoms with van der Waals surface area (Å²) in [6.45, 7) is 0.384. The van der Waals surface area contributed by atoms with Crippen LogP contribution in [0, 0.1) is 5.41 Å². The summed E-state index contributed by atoms with van der Waals surface area (Å²) in [7, 11) is -3.47. The summed E-state index contributed by atoms with van der Waals surface area (Å²) in [5.41, 5.74) is -0.330. The lowest BCUT2D eigenvalue weighted by Gasteiger charge is -2.27. The van der Waals surface area contributed by atoms with Crippen LogP contribution in [-0.2, 0) is 10.0 Å². The van der Waals surface area contributed by atoms with E-state index in [4.69, 9.17) is 9.88 Å². The Labute approximate surface area is 107 Å². The van der Waals surface area contributed by atoms with E-state index >= 15 is 0 Å². The Hall–Kier alpha value is -1.14. The van der Waals surface area contributed by atoms with Crippen LogP contribution in [0.2, 0.25) is 0 Å². The third-order valence-electron chi connectivity index (χ3n) is 3.35. The number of hydrogen-bond donors (Lipinski definition) is 1. The standard InChI is InChI=1S/C12H18N2O3S/c13-18(15,16)10-12(5-1-2-6-12)9-17-11-4-3-7-14-8-11/h3-4,7-8H,1-2,5-6,9-10H2,(H2,13,15,16). The van der Waals surface area contributed by atoms with Gasteiger partial charge in [-0.2, -0.15) is 0 Å². The molecule has 1 saturated carbocycles. The highest BCUT2D eigenvalue weighted by molar-refractivity contribution is 7.89. The first-order valence-corrected chi connectivity index (χ1v) is 7.74. The molecule has 1 aromatic heterocycles. The number of sulfonamides is 1. The molecule has 18 heavy (non-hydrogen) atoms. The van der Waals surface area contributed by atoms with Crippen molar-refractivity contribution in [1.29, 1.82) is 0 Å². The Kier molecular flexibility index (Phi) is 3.87. The van der Waals surface area contributed by atoms with Crippen molar-refractivity contribution in [2.45, 2.75) is 25.7 Å². The maximum atomic E-state index is 11.3. The van der Waals surface area contributed by atoms with E-state index in [9.17, 15) is 8.42 Å². The summed E-state index contributed by atoms with van der Waals surface area (Å²) in [6, 6.07) is 3.60. The van der Waals surface area contributed by atoms with Gasteiger partial charge in [-0.15, -0.1) is 0 Å². The van der Waals surface area contributed by atoms with Gasteiger partial charge in [0.15, 0.2) is 0 Å². The minimum absolute atomic E-state index is 0.000260. The molecule has 0 atom stereocenters. The SMILES string of the molecule is NS(=O)(=O)CC1(COc2cccnc2)CCCC1. The van der Waals surface area contributed by atoms with Crippen LogP contribution in [0.15, 0.2) is 24.5 Å². The van der Waals surface area contributed by atoms with Gasteiger partial charge in [0.05, 0.1) is 18.6 Å². The van der Waals surface area contributed by atoms with Gasteiger partial charge in [0.1, 0.15) is 5.75 Å². The lowest BCUT2D eigenvalue weighted by Crippen LogP contribution is -2.36. The van der Waals surface area contributed by atoms with Gasteiger partial charge in [-0.25, -0.2) is 13.6 Å². The second-order valence-electron chi connectivity index (χ2n) is 4.99. The Morgan fingerprint density at radius 3 is 2.67 bits per heavy atom. The van der Waals surface area contributed by atoms with Crippen LogP contribution in [0.4, 0.5) is 0 Å². The highest BCUT2D eigenvalue weighted by Gasteiger charge is 2.38. The van der Waals surface area contributed by atoms with Crippen molar-refractivity contribution in [2.75, 3.05) is 12.4 Å². The molecule has 2 rings (SSSR count). The van der Waals surface area contributed by atoms with Crippen molar-refractivity contribution in [1.82, 2.24) is 4.98 Å². The summed E-state index contributed by atoms with van der Waals surface area (Å²) in [5, 5.41) is 5.17. The molecule has 0 spiro atoms. The van der Waals surface area contributed by atoms with Gasteiger partial charge < -0.3 is 4.74 Å². The third-order valence-corrected chi connectivity index (χ3v) is 4.37. The molecule has 1 heterocycles. The van der Waals surface area contributed by atoms with E-state index in [0.717, 1.165) is 25.7 Å². The molecular formula is C12H18N2O3S. The summed E-state index contributed by atoms with van der Waals surface area (Å²) in [6.07, 6.45) is 7.06. The number of pyridine rings is 1. The predicted molar refractivity (Wildman–Crippen MR) is 68.6 cm³/mol. The molecule has 0 aromatic carbocycles. The van der Waals surface area contributed by atoms with Crippen molar-refractivity contribution in [3.05, 3.63) is 24.5 Å². The van der Waals surface area contributed by atoms with E-state index < -0.39 is 10.0 Å². The number of primary sulfonamides is 1. The quantitative estimate of drug-likeness (QED) is 0.874. The maximum absolute atomic E-state index is 11.3. The molecule has 0 radical (unpaired) electrons. The van der Waals surface area contributed by atoms with Crippen molar-refractivity contribution in [2.24, 2.45) is 10.6 Å². The van der Waals surface area contributed by atoms with Gasteiger partial charge in [-0.3, -0.25) is 4.98 Å². The first-order valence-electron chi connectivity index (χ1n) is 6.03. The van der Waals surface area contributed by atoms with E-state index in [1.54, 1.807) is 18.5 Å². The molecule has 6 heteroatoms. The maximum Gasteiger partial charge on any atom is 0.209 e. The summed E-state index contributed by atoms with van der Waals surface area (Å²) in [4.78, 5) is 3.96. The molecular weight excluding hydrogens is 252 g/mol. The average Bonchev–Trinajstić information content (AvgIpc) is 2.75. The fourth-order valence-electron chi connectivity index (χ4n) is 2.55. The average molecular weight is 270 g/mol. The molecule has 0 bridgehead atoms. The molecule has 1 aliphatic rings. The van der Waals surface area contributed by atoms with Crippen LogP contribution >= 0.6 is 0 Å². The van der Waals surface area contributed by atoms with Crippen LogP contribution < -0.4 is 9.88 Å². The Morgan fingerprint density at radius 1 is 1.39 bits per heavy atom. The molecule has 1 fully saturated rings. The molecule has 0 amide bonds. The monoisotopic (exact) mass is 270 g/mol. The molecule has 1 aliphatic carbocycles. The second-order valence-corrected chi connectivity index (χ2v) is 6.61. The zero-order valence-electron chi connectivity index (χ0n) is 10.2. The summed E-state index contributed by atoms with van der Waals surface area (Å²) in [5.74, 6) is 0.665. The van der Waals surface area contributed by atoms with Crippen molar-refractivity contribution in [3.8, 4) is 5.75 Å². The number of aromatic nitrogens is 1. The minimum atomic E-state index is -3.47. The number of hydrogen-bond acceptors (Lipinski definition) is 4. The highest BCUT2D eigenvalue weighted by Crippen LogP contribution is 2.39. The van der Waals surface area contributed by atoms with E-state index in [0.29, 0.717) is 12.4 Å². The topological polar surface area (TPSA) is 82.3 Å². The summed E-state index contributed by atoms with van der Waals surface area (Å²) < 4.78 is 28.3. The van der Waals surface area contributed by atoms with Crippen molar-refractivity contribution < 1.29 is 13.2 Å². The van der Waals surface area contributed by atoms with Gasteiger partial charge in [-0.05, 0) is 25.0 Å². The van der Waals surface area contributed by atoms with Crippen molar-refractivity contribution >= 4 is 10.0 Å². The fraction of sp³-hybridized carbons (Fsp3) is 0.583. The fourth-order valence-corrected chi connectivity index (χ4v) is 3.78. The van der Waals surface area contributed by atoms with Crippen LogP contribution in [0.1, 0.15) is 25.7 Å². The van der Waals surface area contributed by atoms with Gasteiger partial charge in [0, 0.05) is 11.6 Å². The zero-order chi connectivity index (χ0) is 13.1.